The summed E-state index contributed by atoms with van der Waals surface area (Å²) in [5, 5.41) is 2.99. The molecule has 0 atom stereocenters. The van der Waals surface area contributed by atoms with Crippen molar-refractivity contribution in [1.82, 2.24) is 5.32 Å². The van der Waals surface area contributed by atoms with Gasteiger partial charge in [0.1, 0.15) is 0 Å². The largest absolute Gasteiger partial charge is 0.398 e. The number of halogens is 1. The number of nitrogens with one attached hydrogen (secondary N) is 1. The van der Waals surface area contributed by atoms with Crippen LogP contribution in [-0.2, 0) is 4.74 Å². The van der Waals surface area contributed by atoms with E-state index < -0.39 is 0 Å². The Morgan fingerprint density at radius 2 is 2.28 bits per heavy atom. The van der Waals surface area contributed by atoms with Crippen molar-refractivity contribution in [2.75, 3.05) is 12.3 Å². The summed E-state index contributed by atoms with van der Waals surface area (Å²) in [5.74, 6) is -0.0596. The number of anilines is 1. The van der Waals surface area contributed by atoms with Crippen molar-refractivity contribution < 1.29 is 9.53 Å². The summed E-state index contributed by atoms with van der Waals surface area (Å²) in [6.45, 7) is 2.72. The maximum Gasteiger partial charge on any atom is 0.251 e. The number of carbonyl (C=O) groups excluding carboxylic acids is 1. The predicted molar refractivity (Wildman–Crippen MR) is 74.5 cm³/mol. The van der Waals surface area contributed by atoms with Gasteiger partial charge >= 0.3 is 0 Å². The lowest BCUT2D eigenvalue weighted by atomic mass is 9.89. The van der Waals surface area contributed by atoms with Crippen LogP contribution in [0.5, 0.6) is 0 Å². The van der Waals surface area contributed by atoms with Crippen molar-refractivity contribution >= 4 is 27.5 Å². The molecule has 1 saturated carbocycles. The molecule has 0 aliphatic heterocycles. The SMILES string of the molecule is CCOC1CC(NC(=O)c2ccc(N)c(Br)c2)C1. The highest BCUT2D eigenvalue weighted by atomic mass is 79.9. The number of amides is 1. The molecule has 1 aliphatic carbocycles. The highest BCUT2D eigenvalue weighted by Gasteiger charge is 2.30. The van der Waals surface area contributed by atoms with Crippen LogP contribution < -0.4 is 11.1 Å². The van der Waals surface area contributed by atoms with Gasteiger partial charge < -0.3 is 15.8 Å². The third-order valence-corrected chi connectivity index (χ3v) is 3.78. The van der Waals surface area contributed by atoms with Crippen LogP contribution in [0.1, 0.15) is 30.1 Å². The number of rotatable bonds is 4. The predicted octanol–water partition coefficient (Wildman–Crippen LogP) is 2.33. The molecule has 4 nitrogen and oxygen atoms in total. The van der Waals surface area contributed by atoms with Crippen LogP contribution in [-0.4, -0.2) is 24.7 Å². The third kappa shape index (κ3) is 3.03. The summed E-state index contributed by atoms with van der Waals surface area (Å²) in [5.41, 5.74) is 6.94. The average Bonchev–Trinajstić information content (AvgIpc) is 2.30. The number of carbonyl (C=O) groups is 1. The Hall–Kier alpha value is -1.07. The Labute approximate surface area is 115 Å². The van der Waals surface area contributed by atoms with Gasteiger partial charge in [0.25, 0.3) is 5.91 Å². The molecule has 1 aromatic rings. The number of nitrogens with two attached hydrogens (primary N) is 1. The molecule has 1 fully saturated rings. The Balaban J connectivity index is 1.87. The first-order valence-electron chi connectivity index (χ1n) is 6.07. The summed E-state index contributed by atoms with van der Waals surface area (Å²) in [6, 6.07) is 5.42. The first-order chi connectivity index (χ1) is 8.60. The smallest absolute Gasteiger partial charge is 0.251 e. The van der Waals surface area contributed by atoms with Crippen LogP contribution in [0.2, 0.25) is 0 Å². The maximum absolute atomic E-state index is 12.0. The third-order valence-electron chi connectivity index (χ3n) is 3.10. The van der Waals surface area contributed by atoms with Gasteiger partial charge in [-0.25, -0.2) is 0 Å². The summed E-state index contributed by atoms with van der Waals surface area (Å²) >= 11 is 3.32. The molecule has 0 saturated heterocycles. The second-order valence-corrected chi connectivity index (χ2v) is 5.31. The molecule has 3 N–H and O–H groups in total. The van der Waals surface area contributed by atoms with E-state index in [9.17, 15) is 4.79 Å². The van der Waals surface area contributed by atoms with E-state index in [1.54, 1.807) is 18.2 Å². The fourth-order valence-electron chi connectivity index (χ4n) is 1.99. The number of benzene rings is 1. The zero-order valence-corrected chi connectivity index (χ0v) is 11.9. The van der Waals surface area contributed by atoms with Gasteiger partial charge in [-0.1, -0.05) is 0 Å². The minimum absolute atomic E-state index is 0.0596. The van der Waals surface area contributed by atoms with Gasteiger partial charge in [-0.3, -0.25) is 4.79 Å². The van der Waals surface area contributed by atoms with Crippen molar-refractivity contribution in [3.63, 3.8) is 0 Å². The van der Waals surface area contributed by atoms with E-state index in [1.807, 2.05) is 6.92 Å². The number of hydrogen-bond acceptors (Lipinski definition) is 3. The standard InChI is InChI=1S/C13H17BrN2O2/c1-2-18-10-6-9(7-10)16-13(17)8-3-4-12(15)11(14)5-8/h3-5,9-10H,2,6-7,15H2,1H3,(H,16,17). The highest BCUT2D eigenvalue weighted by Crippen LogP contribution is 2.24. The summed E-state index contributed by atoms with van der Waals surface area (Å²) in [4.78, 5) is 12.0. The normalized spacial score (nSPS) is 22.3. The van der Waals surface area contributed by atoms with Crippen LogP contribution in [0.25, 0.3) is 0 Å². The van der Waals surface area contributed by atoms with Gasteiger partial charge in [0.15, 0.2) is 0 Å². The lowest BCUT2D eigenvalue weighted by Crippen LogP contribution is -2.47. The fourth-order valence-corrected chi connectivity index (χ4v) is 2.37. The molecule has 0 spiro atoms. The first kappa shape index (κ1) is 13.4. The molecule has 5 heteroatoms. The Morgan fingerprint density at radius 3 is 2.89 bits per heavy atom. The molecule has 1 aromatic carbocycles. The monoisotopic (exact) mass is 312 g/mol. The lowest BCUT2D eigenvalue weighted by molar-refractivity contribution is -0.00862. The van der Waals surface area contributed by atoms with Crippen molar-refractivity contribution in [2.24, 2.45) is 0 Å². The van der Waals surface area contributed by atoms with Gasteiger partial charge in [0.2, 0.25) is 0 Å². The second kappa shape index (κ2) is 5.71. The Kier molecular flexibility index (Phi) is 4.24. The zero-order valence-electron chi connectivity index (χ0n) is 10.3. The number of ether oxygens (including phenoxy) is 1. The van der Waals surface area contributed by atoms with E-state index in [2.05, 4.69) is 21.2 Å². The van der Waals surface area contributed by atoms with Gasteiger partial charge in [-0.2, -0.15) is 0 Å². The molecule has 18 heavy (non-hydrogen) atoms. The molecule has 2 rings (SSSR count). The van der Waals surface area contributed by atoms with Crippen LogP contribution in [0, 0.1) is 0 Å². The van der Waals surface area contributed by atoms with Gasteiger partial charge in [-0.15, -0.1) is 0 Å². The van der Waals surface area contributed by atoms with Crippen molar-refractivity contribution in [3.8, 4) is 0 Å². The summed E-state index contributed by atoms with van der Waals surface area (Å²) in [6.07, 6.45) is 2.10. The zero-order chi connectivity index (χ0) is 13.1. The van der Waals surface area contributed by atoms with E-state index in [1.165, 1.54) is 0 Å². The van der Waals surface area contributed by atoms with Gasteiger partial charge in [0.05, 0.1) is 6.10 Å². The molecule has 0 aromatic heterocycles. The minimum atomic E-state index is -0.0596. The number of hydrogen-bond donors (Lipinski definition) is 2. The molecular weight excluding hydrogens is 296 g/mol. The topological polar surface area (TPSA) is 64.3 Å². The van der Waals surface area contributed by atoms with Crippen molar-refractivity contribution in [3.05, 3.63) is 28.2 Å². The molecule has 1 amide bonds. The molecule has 0 unspecified atom stereocenters. The maximum atomic E-state index is 12.0. The van der Waals surface area contributed by atoms with Gasteiger partial charge in [-0.05, 0) is 53.9 Å². The second-order valence-electron chi connectivity index (χ2n) is 4.46. The van der Waals surface area contributed by atoms with E-state index >= 15 is 0 Å². The average molecular weight is 313 g/mol. The van der Waals surface area contributed by atoms with Crippen LogP contribution >= 0.6 is 15.9 Å². The van der Waals surface area contributed by atoms with Crippen LogP contribution in [0.3, 0.4) is 0 Å². The van der Waals surface area contributed by atoms with E-state index in [0.717, 1.165) is 23.9 Å². The summed E-state index contributed by atoms with van der Waals surface area (Å²) < 4.78 is 6.20. The van der Waals surface area contributed by atoms with Crippen molar-refractivity contribution in [1.29, 1.82) is 0 Å². The van der Waals surface area contributed by atoms with Crippen LogP contribution in [0.4, 0.5) is 5.69 Å². The van der Waals surface area contributed by atoms with E-state index in [4.69, 9.17) is 10.5 Å². The molecule has 0 bridgehead atoms. The van der Waals surface area contributed by atoms with E-state index in [-0.39, 0.29) is 11.9 Å². The first-order valence-corrected chi connectivity index (χ1v) is 6.87. The Morgan fingerprint density at radius 1 is 1.56 bits per heavy atom. The Bertz CT molecular complexity index is 445. The molecule has 0 heterocycles. The molecule has 98 valence electrons. The number of nitrogen functional groups attached to an aromatic ring is 1. The quantitative estimate of drug-likeness (QED) is 0.839. The van der Waals surface area contributed by atoms with Gasteiger partial charge in [0, 0.05) is 28.4 Å². The molecule has 1 aliphatic rings. The summed E-state index contributed by atoms with van der Waals surface area (Å²) in [7, 11) is 0. The minimum Gasteiger partial charge on any atom is -0.398 e. The lowest BCUT2D eigenvalue weighted by Gasteiger charge is -2.35. The van der Waals surface area contributed by atoms with Crippen molar-refractivity contribution in [2.45, 2.75) is 31.9 Å². The fraction of sp³-hybridized carbons (Fsp3) is 0.462. The molecule has 0 radical (unpaired) electrons. The van der Waals surface area contributed by atoms with E-state index in [0.29, 0.717) is 17.4 Å². The highest BCUT2D eigenvalue weighted by molar-refractivity contribution is 9.10. The van der Waals surface area contributed by atoms with Crippen LogP contribution in [0.15, 0.2) is 22.7 Å². The molecular formula is C13H17BrN2O2.